The van der Waals surface area contributed by atoms with Crippen molar-refractivity contribution in [2.24, 2.45) is 0 Å². The molecule has 1 aromatic rings. The van der Waals surface area contributed by atoms with Crippen LogP contribution in [0.1, 0.15) is 45.1 Å². The van der Waals surface area contributed by atoms with Gasteiger partial charge in [0, 0.05) is 13.0 Å². The fourth-order valence-corrected chi connectivity index (χ4v) is 3.53. The third kappa shape index (κ3) is 3.87. The number of amides is 2. The summed E-state index contributed by atoms with van der Waals surface area (Å²) in [7, 11) is 0. The van der Waals surface area contributed by atoms with Crippen LogP contribution in [0, 0.1) is 0 Å². The van der Waals surface area contributed by atoms with Crippen LogP contribution >= 0.6 is 11.3 Å². The van der Waals surface area contributed by atoms with Gasteiger partial charge in [0.15, 0.2) is 0 Å². The van der Waals surface area contributed by atoms with Crippen molar-refractivity contribution >= 4 is 23.2 Å². The zero-order valence-electron chi connectivity index (χ0n) is 13.2. The summed E-state index contributed by atoms with van der Waals surface area (Å²) in [5.41, 5.74) is -0.296. The molecule has 122 valence electrons. The Balaban J connectivity index is 1.93. The van der Waals surface area contributed by atoms with E-state index in [-0.39, 0.29) is 18.4 Å². The first-order valence-corrected chi connectivity index (χ1v) is 8.72. The Hall–Kier alpha value is -1.40. The number of likely N-dealkylation sites (tertiary alicyclic amines) is 1. The lowest BCUT2D eigenvalue weighted by Crippen LogP contribution is -2.48. The molecule has 1 aliphatic heterocycles. The molecule has 0 saturated carbocycles. The van der Waals surface area contributed by atoms with E-state index in [4.69, 9.17) is 0 Å². The standard InChI is InChI=1S/C16H24N2O3S/c1-3-5-14(19)18-8-4-6-13(18)15(20)17-11-16(2,21)12-7-9-22-10-12/h7,9-10,13,21H,3-6,8,11H2,1-2H3,(H,17,20). The predicted octanol–water partition coefficient (Wildman–Crippen LogP) is 1.86. The van der Waals surface area contributed by atoms with Gasteiger partial charge in [-0.05, 0) is 48.6 Å². The first-order valence-electron chi connectivity index (χ1n) is 7.78. The van der Waals surface area contributed by atoms with Gasteiger partial charge in [0.25, 0.3) is 0 Å². The maximum atomic E-state index is 12.4. The van der Waals surface area contributed by atoms with E-state index in [0.717, 1.165) is 18.4 Å². The van der Waals surface area contributed by atoms with Crippen molar-refractivity contribution in [3.05, 3.63) is 22.4 Å². The highest BCUT2D eigenvalue weighted by Gasteiger charge is 2.34. The Morgan fingerprint density at radius 2 is 2.32 bits per heavy atom. The van der Waals surface area contributed by atoms with Crippen molar-refractivity contribution in [2.75, 3.05) is 13.1 Å². The molecule has 1 fully saturated rings. The van der Waals surface area contributed by atoms with Crippen LogP contribution in [0.15, 0.2) is 16.8 Å². The molecule has 2 atom stereocenters. The first kappa shape index (κ1) is 17.0. The Kier molecular flexibility index (Phi) is 5.58. The van der Waals surface area contributed by atoms with Gasteiger partial charge in [0.2, 0.25) is 11.8 Å². The van der Waals surface area contributed by atoms with Crippen LogP contribution in [0.5, 0.6) is 0 Å². The van der Waals surface area contributed by atoms with Crippen molar-refractivity contribution in [2.45, 2.75) is 51.2 Å². The van der Waals surface area contributed by atoms with Crippen LogP contribution in [0.3, 0.4) is 0 Å². The smallest absolute Gasteiger partial charge is 0.242 e. The number of carbonyl (C=O) groups excluding carboxylic acids is 2. The average molecular weight is 324 g/mol. The maximum Gasteiger partial charge on any atom is 0.242 e. The molecule has 2 amide bonds. The molecule has 1 aromatic heterocycles. The minimum absolute atomic E-state index is 0.0461. The summed E-state index contributed by atoms with van der Waals surface area (Å²) in [5.74, 6) is -0.123. The lowest BCUT2D eigenvalue weighted by molar-refractivity contribution is -0.138. The van der Waals surface area contributed by atoms with Gasteiger partial charge < -0.3 is 15.3 Å². The summed E-state index contributed by atoms with van der Waals surface area (Å²) in [6.07, 6.45) is 2.82. The zero-order chi connectivity index (χ0) is 16.2. The maximum absolute atomic E-state index is 12.4. The molecule has 0 aromatic carbocycles. The first-order chi connectivity index (χ1) is 10.5. The topological polar surface area (TPSA) is 69.6 Å². The highest BCUT2D eigenvalue weighted by molar-refractivity contribution is 7.08. The SMILES string of the molecule is CCCC(=O)N1CCCC1C(=O)NCC(C)(O)c1ccsc1. The second-order valence-electron chi connectivity index (χ2n) is 6.00. The van der Waals surface area contributed by atoms with E-state index >= 15 is 0 Å². The van der Waals surface area contributed by atoms with Crippen molar-refractivity contribution < 1.29 is 14.7 Å². The van der Waals surface area contributed by atoms with E-state index in [1.807, 2.05) is 23.8 Å². The van der Waals surface area contributed by atoms with Crippen LogP contribution in [0.2, 0.25) is 0 Å². The van der Waals surface area contributed by atoms with E-state index in [0.29, 0.717) is 19.4 Å². The normalized spacial score (nSPS) is 20.7. The molecule has 1 saturated heterocycles. The summed E-state index contributed by atoms with van der Waals surface area (Å²) < 4.78 is 0. The number of hydrogen-bond acceptors (Lipinski definition) is 4. The molecule has 2 unspecified atom stereocenters. The third-order valence-electron chi connectivity index (χ3n) is 4.09. The van der Waals surface area contributed by atoms with Crippen molar-refractivity contribution in [1.82, 2.24) is 10.2 Å². The molecule has 1 aliphatic rings. The van der Waals surface area contributed by atoms with Crippen LogP contribution in [0.25, 0.3) is 0 Å². The average Bonchev–Trinajstić information content (AvgIpc) is 3.15. The summed E-state index contributed by atoms with van der Waals surface area (Å²) in [6, 6.07) is 1.46. The van der Waals surface area contributed by atoms with Gasteiger partial charge in [0.05, 0.1) is 6.54 Å². The molecule has 6 heteroatoms. The summed E-state index contributed by atoms with van der Waals surface area (Å²) in [6.45, 7) is 4.44. The quantitative estimate of drug-likeness (QED) is 0.839. The Morgan fingerprint density at radius 1 is 1.55 bits per heavy atom. The largest absolute Gasteiger partial charge is 0.384 e. The molecule has 0 aliphatic carbocycles. The zero-order valence-corrected chi connectivity index (χ0v) is 14.0. The van der Waals surface area contributed by atoms with Crippen molar-refractivity contribution in [3.8, 4) is 0 Å². The Bertz CT molecular complexity index is 513. The number of hydrogen-bond donors (Lipinski definition) is 2. The number of carbonyl (C=O) groups is 2. The van der Waals surface area contributed by atoms with Gasteiger partial charge in [-0.15, -0.1) is 0 Å². The molecule has 0 spiro atoms. The highest BCUT2D eigenvalue weighted by Crippen LogP contribution is 2.23. The van der Waals surface area contributed by atoms with Gasteiger partial charge in [-0.25, -0.2) is 0 Å². The molecule has 2 heterocycles. The lowest BCUT2D eigenvalue weighted by atomic mass is 9.99. The minimum atomic E-state index is -1.09. The van der Waals surface area contributed by atoms with Crippen LogP contribution in [-0.2, 0) is 15.2 Å². The Labute approximate surface area is 135 Å². The van der Waals surface area contributed by atoms with Gasteiger partial charge in [-0.3, -0.25) is 9.59 Å². The second kappa shape index (κ2) is 7.24. The second-order valence-corrected chi connectivity index (χ2v) is 6.78. The summed E-state index contributed by atoms with van der Waals surface area (Å²) >= 11 is 1.51. The van der Waals surface area contributed by atoms with Gasteiger partial charge >= 0.3 is 0 Å². The van der Waals surface area contributed by atoms with Gasteiger partial charge in [0.1, 0.15) is 11.6 Å². The molecule has 5 nitrogen and oxygen atoms in total. The molecular weight excluding hydrogens is 300 g/mol. The van der Waals surface area contributed by atoms with Crippen LogP contribution in [-0.4, -0.2) is 41.0 Å². The molecule has 2 N–H and O–H groups in total. The number of rotatable bonds is 6. The molecular formula is C16H24N2O3S. The summed E-state index contributed by atoms with van der Waals surface area (Å²) in [5, 5.41) is 17.0. The fraction of sp³-hybridized carbons (Fsp3) is 0.625. The van der Waals surface area contributed by atoms with E-state index < -0.39 is 11.6 Å². The summed E-state index contributed by atoms with van der Waals surface area (Å²) in [4.78, 5) is 26.1. The minimum Gasteiger partial charge on any atom is -0.384 e. The number of nitrogens with zero attached hydrogens (tertiary/aromatic N) is 1. The van der Waals surface area contributed by atoms with Crippen molar-refractivity contribution in [3.63, 3.8) is 0 Å². The van der Waals surface area contributed by atoms with Crippen molar-refractivity contribution in [1.29, 1.82) is 0 Å². The fourth-order valence-electron chi connectivity index (χ4n) is 2.75. The third-order valence-corrected chi connectivity index (χ3v) is 4.77. The molecule has 0 radical (unpaired) electrons. The number of aliphatic hydroxyl groups is 1. The molecule has 0 bridgehead atoms. The number of thiophene rings is 1. The monoisotopic (exact) mass is 324 g/mol. The van der Waals surface area contributed by atoms with Gasteiger partial charge in [-0.2, -0.15) is 11.3 Å². The number of nitrogens with one attached hydrogen (secondary N) is 1. The Morgan fingerprint density at radius 3 is 2.95 bits per heavy atom. The predicted molar refractivity (Wildman–Crippen MR) is 86.5 cm³/mol. The lowest BCUT2D eigenvalue weighted by Gasteiger charge is -2.27. The van der Waals surface area contributed by atoms with Crippen LogP contribution < -0.4 is 5.32 Å². The van der Waals surface area contributed by atoms with E-state index in [1.54, 1.807) is 11.8 Å². The van der Waals surface area contributed by atoms with Crippen LogP contribution in [0.4, 0.5) is 0 Å². The van der Waals surface area contributed by atoms with Gasteiger partial charge in [-0.1, -0.05) is 6.92 Å². The van der Waals surface area contributed by atoms with E-state index in [1.165, 1.54) is 11.3 Å². The van der Waals surface area contributed by atoms with E-state index in [2.05, 4.69) is 5.32 Å². The highest BCUT2D eigenvalue weighted by atomic mass is 32.1. The molecule has 2 rings (SSSR count). The molecule has 22 heavy (non-hydrogen) atoms. The van der Waals surface area contributed by atoms with E-state index in [9.17, 15) is 14.7 Å².